The van der Waals surface area contributed by atoms with E-state index in [1.54, 1.807) is 0 Å². The summed E-state index contributed by atoms with van der Waals surface area (Å²) in [6, 6.07) is 8.86. The van der Waals surface area contributed by atoms with Gasteiger partial charge in [0.2, 0.25) is 0 Å². The van der Waals surface area contributed by atoms with Gasteiger partial charge in [-0.3, -0.25) is 0 Å². The lowest BCUT2D eigenvalue weighted by molar-refractivity contribution is 0.310. The van der Waals surface area contributed by atoms with E-state index in [0.29, 0.717) is 0 Å². The standard InChI is InChI=1S/C26H39N7/c1-30-16-18-33(19-17-30)22-8-6-21(7-9-22)25-28-24-10-15-31(2)20-23(24)26(29-25)27-11-5-14-32-12-3-4-13-32/h6-9H,3-5,10-20H2,1-2H3,(H,27,28,29). The molecule has 0 aliphatic carbocycles. The Hall–Kier alpha value is -2.22. The third kappa shape index (κ3) is 5.48. The lowest BCUT2D eigenvalue weighted by Gasteiger charge is -2.34. The molecule has 1 N–H and O–H groups in total. The SMILES string of the molecule is CN1CCN(c2ccc(-c3nc4c(c(NCCCN5CCCC5)n3)CN(C)CC4)cc2)CC1. The predicted molar refractivity (Wildman–Crippen MR) is 136 cm³/mol. The van der Waals surface area contributed by atoms with Crippen LogP contribution in [-0.4, -0.2) is 97.7 Å². The zero-order valence-electron chi connectivity index (χ0n) is 20.4. The Morgan fingerprint density at radius 3 is 2.36 bits per heavy atom. The van der Waals surface area contributed by atoms with Crippen molar-refractivity contribution in [1.29, 1.82) is 0 Å². The molecule has 0 unspecified atom stereocenters. The number of piperazine rings is 1. The van der Waals surface area contributed by atoms with Crippen LogP contribution < -0.4 is 10.2 Å². The average Bonchev–Trinajstić information content (AvgIpc) is 3.36. The molecule has 178 valence electrons. The molecule has 2 fully saturated rings. The van der Waals surface area contributed by atoms with E-state index >= 15 is 0 Å². The van der Waals surface area contributed by atoms with Gasteiger partial charge in [-0.1, -0.05) is 0 Å². The molecule has 3 aliphatic heterocycles. The van der Waals surface area contributed by atoms with Crippen LogP contribution in [0.25, 0.3) is 11.4 Å². The molecule has 3 aliphatic rings. The number of rotatable bonds is 7. The number of likely N-dealkylation sites (tertiary alicyclic amines) is 1. The highest BCUT2D eigenvalue weighted by Crippen LogP contribution is 2.28. The van der Waals surface area contributed by atoms with Crippen molar-refractivity contribution in [3.63, 3.8) is 0 Å². The molecule has 7 heteroatoms. The lowest BCUT2D eigenvalue weighted by Crippen LogP contribution is -2.44. The summed E-state index contributed by atoms with van der Waals surface area (Å²) in [4.78, 5) is 19.9. The molecule has 0 spiro atoms. The van der Waals surface area contributed by atoms with E-state index in [1.807, 2.05) is 0 Å². The number of aromatic nitrogens is 2. The summed E-state index contributed by atoms with van der Waals surface area (Å²) in [6.07, 6.45) is 4.86. The fourth-order valence-electron chi connectivity index (χ4n) is 5.23. The highest BCUT2D eigenvalue weighted by atomic mass is 15.2. The van der Waals surface area contributed by atoms with Gasteiger partial charge in [-0.05, 0) is 77.3 Å². The molecular formula is C26H39N7. The lowest BCUT2D eigenvalue weighted by atomic mass is 10.1. The molecule has 1 aromatic heterocycles. The number of nitrogens with one attached hydrogen (secondary N) is 1. The molecule has 0 bridgehead atoms. The Kier molecular flexibility index (Phi) is 7.09. The van der Waals surface area contributed by atoms with Gasteiger partial charge in [0.05, 0.1) is 5.69 Å². The Labute approximate surface area is 198 Å². The summed E-state index contributed by atoms with van der Waals surface area (Å²) in [5.41, 5.74) is 4.90. The fourth-order valence-corrected chi connectivity index (χ4v) is 5.23. The van der Waals surface area contributed by atoms with E-state index in [1.165, 1.54) is 49.4 Å². The van der Waals surface area contributed by atoms with Gasteiger partial charge in [0, 0.05) is 69.0 Å². The van der Waals surface area contributed by atoms with Gasteiger partial charge < -0.3 is 24.9 Å². The van der Waals surface area contributed by atoms with Gasteiger partial charge in [-0.15, -0.1) is 0 Å². The smallest absolute Gasteiger partial charge is 0.161 e. The van der Waals surface area contributed by atoms with Crippen molar-refractivity contribution >= 4 is 11.5 Å². The molecule has 0 atom stereocenters. The molecule has 0 radical (unpaired) electrons. The van der Waals surface area contributed by atoms with Crippen molar-refractivity contribution in [1.82, 2.24) is 24.7 Å². The minimum Gasteiger partial charge on any atom is -0.370 e. The van der Waals surface area contributed by atoms with Crippen LogP contribution in [0.15, 0.2) is 24.3 Å². The maximum Gasteiger partial charge on any atom is 0.161 e. The second kappa shape index (κ2) is 10.4. The Bertz CT molecular complexity index is 915. The van der Waals surface area contributed by atoms with Crippen LogP contribution in [-0.2, 0) is 13.0 Å². The van der Waals surface area contributed by atoms with Gasteiger partial charge >= 0.3 is 0 Å². The third-order valence-electron chi connectivity index (χ3n) is 7.39. The zero-order chi connectivity index (χ0) is 22.6. The molecular weight excluding hydrogens is 410 g/mol. The predicted octanol–water partition coefficient (Wildman–Crippen LogP) is 2.78. The minimum atomic E-state index is 0.852. The van der Waals surface area contributed by atoms with Crippen molar-refractivity contribution in [2.24, 2.45) is 0 Å². The van der Waals surface area contributed by atoms with Crippen LogP contribution in [0.1, 0.15) is 30.5 Å². The van der Waals surface area contributed by atoms with Gasteiger partial charge in [0.1, 0.15) is 5.82 Å². The van der Waals surface area contributed by atoms with E-state index in [2.05, 4.69) is 63.3 Å². The number of nitrogens with zero attached hydrogens (tertiary/aromatic N) is 6. The molecule has 0 amide bonds. The van der Waals surface area contributed by atoms with Crippen molar-refractivity contribution in [3.05, 3.63) is 35.5 Å². The maximum atomic E-state index is 5.03. The summed E-state index contributed by atoms with van der Waals surface area (Å²) >= 11 is 0. The van der Waals surface area contributed by atoms with Gasteiger partial charge in [-0.2, -0.15) is 0 Å². The van der Waals surface area contributed by atoms with E-state index in [0.717, 1.165) is 75.9 Å². The Morgan fingerprint density at radius 1 is 0.848 bits per heavy atom. The van der Waals surface area contributed by atoms with E-state index in [9.17, 15) is 0 Å². The molecule has 2 saturated heterocycles. The first-order chi connectivity index (χ1) is 16.2. The summed E-state index contributed by atoms with van der Waals surface area (Å²) in [7, 11) is 4.38. The first-order valence-electron chi connectivity index (χ1n) is 12.7. The number of benzene rings is 1. The summed E-state index contributed by atoms with van der Waals surface area (Å²) in [6.45, 7) is 11.1. The van der Waals surface area contributed by atoms with E-state index in [4.69, 9.17) is 9.97 Å². The zero-order valence-corrected chi connectivity index (χ0v) is 20.4. The maximum absolute atomic E-state index is 5.03. The van der Waals surface area contributed by atoms with Gasteiger partial charge in [0.15, 0.2) is 5.82 Å². The summed E-state index contributed by atoms with van der Waals surface area (Å²) in [5, 5.41) is 3.68. The number of hydrogen-bond donors (Lipinski definition) is 1. The fraction of sp³-hybridized carbons (Fsp3) is 0.615. The second-order valence-electron chi connectivity index (χ2n) is 9.98. The van der Waals surface area contributed by atoms with Gasteiger partial charge in [-0.25, -0.2) is 9.97 Å². The summed E-state index contributed by atoms with van der Waals surface area (Å²) in [5.74, 6) is 1.89. The quantitative estimate of drug-likeness (QED) is 0.653. The van der Waals surface area contributed by atoms with Gasteiger partial charge in [0.25, 0.3) is 0 Å². The largest absolute Gasteiger partial charge is 0.370 e. The van der Waals surface area contributed by atoms with Crippen LogP contribution in [0, 0.1) is 0 Å². The molecule has 4 heterocycles. The Morgan fingerprint density at radius 2 is 1.61 bits per heavy atom. The molecule has 7 nitrogen and oxygen atoms in total. The number of anilines is 2. The van der Waals surface area contributed by atoms with E-state index < -0.39 is 0 Å². The molecule has 0 saturated carbocycles. The van der Waals surface area contributed by atoms with Crippen LogP contribution in [0.2, 0.25) is 0 Å². The van der Waals surface area contributed by atoms with Crippen LogP contribution in [0.3, 0.4) is 0 Å². The van der Waals surface area contributed by atoms with Crippen molar-refractivity contribution in [2.75, 3.05) is 83.2 Å². The van der Waals surface area contributed by atoms with Crippen molar-refractivity contribution in [2.45, 2.75) is 32.2 Å². The number of fused-ring (bicyclic) bond motifs is 1. The first kappa shape index (κ1) is 22.6. The summed E-state index contributed by atoms with van der Waals surface area (Å²) < 4.78 is 0. The van der Waals surface area contributed by atoms with Crippen LogP contribution in [0.5, 0.6) is 0 Å². The monoisotopic (exact) mass is 449 g/mol. The highest BCUT2D eigenvalue weighted by molar-refractivity contribution is 5.63. The molecule has 1 aromatic carbocycles. The second-order valence-corrected chi connectivity index (χ2v) is 9.98. The Balaban J connectivity index is 1.31. The first-order valence-corrected chi connectivity index (χ1v) is 12.7. The van der Waals surface area contributed by atoms with Crippen LogP contribution >= 0.6 is 0 Å². The third-order valence-corrected chi connectivity index (χ3v) is 7.39. The van der Waals surface area contributed by atoms with Crippen molar-refractivity contribution < 1.29 is 0 Å². The van der Waals surface area contributed by atoms with E-state index in [-0.39, 0.29) is 0 Å². The number of likely N-dealkylation sites (N-methyl/N-ethyl adjacent to an activating group) is 2. The van der Waals surface area contributed by atoms with Crippen LogP contribution in [0.4, 0.5) is 11.5 Å². The topological polar surface area (TPSA) is 50.8 Å². The minimum absolute atomic E-state index is 0.852. The van der Waals surface area contributed by atoms with Crippen molar-refractivity contribution in [3.8, 4) is 11.4 Å². The molecule has 33 heavy (non-hydrogen) atoms. The molecule has 5 rings (SSSR count). The number of hydrogen-bond acceptors (Lipinski definition) is 7. The highest BCUT2D eigenvalue weighted by Gasteiger charge is 2.21. The average molecular weight is 450 g/mol. The molecule has 2 aromatic rings. The normalized spacial score (nSPS) is 20.2.